The van der Waals surface area contributed by atoms with Gasteiger partial charge in [-0.2, -0.15) is 0 Å². The summed E-state index contributed by atoms with van der Waals surface area (Å²) in [6, 6.07) is 4.02. The highest BCUT2D eigenvalue weighted by Gasteiger charge is 2.40. The van der Waals surface area contributed by atoms with Gasteiger partial charge in [0, 0.05) is 6.20 Å². The van der Waals surface area contributed by atoms with Crippen LogP contribution in [0.5, 0.6) is 0 Å². The Hall–Kier alpha value is -0.640. The van der Waals surface area contributed by atoms with E-state index < -0.39 is 0 Å². The Labute approximate surface area is 113 Å². The molecule has 3 N–H and O–H groups in total. The minimum absolute atomic E-state index is 0.159. The van der Waals surface area contributed by atoms with Crippen LogP contribution < -0.4 is 11.3 Å². The van der Waals surface area contributed by atoms with Gasteiger partial charge in [0.2, 0.25) is 0 Å². The number of nitrogens with zero attached hydrogens (tertiary/aromatic N) is 1. The number of rotatable bonds is 4. The quantitative estimate of drug-likeness (QED) is 0.650. The fraction of sp³-hybridized carbons (Fsp3) is 0.643. The van der Waals surface area contributed by atoms with Crippen LogP contribution in [0.1, 0.15) is 43.8 Å². The van der Waals surface area contributed by atoms with Crippen LogP contribution in [0.15, 0.2) is 18.3 Å². The van der Waals surface area contributed by atoms with Gasteiger partial charge in [0.05, 0.1) is 16.8 Å². The molecule has 0 spiro atoms. The van der Waals surface area contributed by atoms with Crippen LogP contribution in [0.25, 0.3) is 0 Å². The molecule has 2 bridgehead atoms. The topological polar surface area (TPSA) is 50.9 Å². The van der Waals surface area contributed by atoms with Crippen LogP contribution >= 0.6 is 11.6 Å². The molecule has 3 rings (SSSR count). The fourth-order valence-electron chi connectivity index (χ4n) is 3.84. The predicted molar refractivity (Wildman–Crippen MR) is 72.9 cm³/mol. The van der Waals surface area contributed by atoms with Crippen LogP contribution in [0.4, 0.5) is 0 Å². The van der Waals surface area contributed by atoms with Gasteiger partial charge in [-0.15, -0.1) is 0 Å². The third-order valence-electron chi connectivity index (χ3n) is 4.73. The Kier molecular flexibility index (Phi) is 3.55. The molecule has 0 aliphatic heterocycles. The van der Waals surface area contributed by atoms with Gasteiger partial charge in [-0.3, -0.25) is 16.3 Å². The number of nitrogens with two attached hydrogens (primary N) is 1. The second kappa shape index (κ2) is 5.16. The zero-order chi connectivity index (χ0) is 12.5. The summed E-state index contributed by atoms with van der Waals surface area (Å²) in [7, 11) is 0. The third kappa shape index (κ3) is 2.40. The molecule has 4 heteroatoms. The van der Waals surface area contributed by atoms with E-state index in [1.165, 1.54) is 25.7 Å². The normalized spacial score (nSPS) is 31.8. The summed E-state index contributed by atoms with van der Waals surface area (Å²) < 4.78 is 0. The molecule has 3 nitrogen and oxygen atoms in total. The van der Waals surface area contributed by atoms with E-state index in [2.05, 4.69) is 10.4 Å². The Morgan fingerprint density at radius 2 is 2.28 bits per heavy atom. The van der Waals surface area contributed by atoms with Gasteiger partial charge in [0.15, 0.2) is 0 Å². The van der Waals surface area contributed by atoms with Crippen molar-refractivity contribution in [3.05, 3.63) is 29.0 Å². The first-order valence-corrected chi connectivity index (χ1v) is 7.21. The number of halogens is 1. The lowest BCUT2D eigenvalue weighted by Gasteiger charge is -2.26. The van der Waals surface area contributed by atoms with Crippen LogP contribution in [0, 0.1) is 17.8 Å². The van der Waals surface area contributed by atoms with Crippen molar-refractivity contribution >= 4 is 11.6 Å². The Bertz CT molecular complexity index is 406. The minimum Gasteiger partial charge on any atom is -0.271 e. The van der Waals surface area contributed by atoms with Gasteiger partial charge in [0.1, 0.15) is 0 Å². The van der Waals surface area contributed by atoms with E-state index >= 15 is 0 Å². The van der Waals surface area contributed by atoms with Crippen molar-refractivity contribution in [1.29, 1.82) is 0 Å². The van der Waals surface area contributed by atoms with E-state index in [1.807, 2.05) is 12.1 Å². The molecule has 0 amide bonds. The molecule has 1 heterocycles. The molecular weight excluding hydrogens is 246 g/mol. The molecule has 2 saturated carbocycles. The van der Waals surface area contributed by atoms with Gasteiger partial charge < -0.3 is 0 Å². The third-order valence-corrected chi connectivity index (χ3v) is 4.96. The number of nitrogens with one attached hydrogen (secondary N) is 1. The molecule has 2 aliphatic rings. The number of hydrogen-bond donors (Lipinski definition) is 2. The largest absolute Gasteiger partial charge is 0.271 e. The molecular formula is C14H20ClN3. The van der Waals surface area contributed by atoms with E-state index in [4.69, 9.17) is 17.4 Å². The Morgan fingerprint density at radius 3 is 2.83 bits per heavy atom. The van der Waals surface area contributed by atoms with Crippen LogP contribution in [-0.2, 0) is 0 Å². The van der Waals surface area contributed by atoms with Gasteiger partial charge in [-0.1, -0.05) is 18.0 Å². The van der Waals surface area contributed by atoms with E-state index in [9.17, 15) is 0 Å². The Balaban J connectivity index is 1.67. The van der Waals surface area contributed by atoms with E-state index in [0.717, 1.165) is 29.9 Å². The number of hydrazine groups is 1. The molecule has 2 aliphatic carbocycles. The predicted octanol–water partition coefficient (Wildman–Crippen LogP) is 3.07. The number of aromatic nitrogens is 1. The number of fused-ring (bicyclic) bond motifs is 2. The summed E-state index contributed by atoms with van der Waals surface area (Å²) in [4.78, 5) is 4.38. The molecule has 4 atom stereocenters. The van der Waals surface area contributed by atoms with Crippen LogP contribution in [-0.4, -0.2) is 4.98 Å². The monoisotopic (exact) mass is 265 g/mol. The van der Waals surface area contributed by atoms with E-state index in [-0.39, 0.29) is 6.04 Å². The van der Waals surface area contributed by atoms with Gasteiger partial charge in [-0.05, 0) is 55.6 Å². The standard InChI is InChI=1S/C14H20ClN3/c15-12-3-4-13(17-8-12)14(18-16)7-11-6-9-1-2-10(11)5-9/h3-4,8-11,14,18H,1-2,5-7,16H2. The van der Waals surface area contributed by atoms with Crippen molar-refractivity contribution in [1.82, 2.24) is 10.4 Å². The molecule has 98 valence electrons. The summed E-state index contributed by atoms with van der Waals surface area (Å²) in [5.74, 6) is 8.43. The Morgan fingerprint density at radius 1 is 1.39 bits per heavy atom. The maximum absolute atomic E-state index is 5.87. The molecule has 18 heavy (non-hydrogen) atoms. The molecule has 4 unspecified atom stereocenters. The first kappa shape index (κ1) is 12.4. The molecule has 0 saturated heterocycles. The zero-order valence-corrected chi connectivity index (χ0v) is 11.2. The summed E-state index contributed by atoms with van der Waals surface area (Å²) in [6.45, 7) is 0. The average molecular weight is 266 g/mol. The highest BCUT2D eigenvalue weighted by Crippen LogP contribution is 2.50. The highest BCUT2D eigenvalue weighted by atomic mass is 35.5. The van der Waals surface area contributed by atoms with Crippen LogP contribution in [0.2, 0.25) is 5.02 Å². The smallest absolute Gasteiger partial charge is 0.0634 e. The van der Waals surface area contributed by atoms with E-state index in [1.54, 1.807) is 6.20 Å². The van der Waals surface area contributed by atoms with Crippen molar-refractivity contribution in [2.75, 3.05) is 0 Å². The van der Waals surface area contributed by atoms with E-state index in [0.29, 0.717) is 5.02 Å². The minimum atomic E-state index is 0.159. The van der Waals surface area contributed by atoms with Crippen LogP contribution in [0.3, 0.4) is 0 Å². The lowest BCUT2D eigenvalue weighted by atomic mass is 9.83. The number of hydrogen-bond acceptors (Lipinski definition) is 3. The second-order valence-electron chi connectivity index (χ2n) is 5.79. The maximum atomic E-state index is 5.87. The number of pyridine rings is 1. The summed E-state index contributed by atoms with van der Waals surface area (Å²) in [5, 5.41) is 0.675. The molecule has 2 fully saturated rings. The summed E-state index contributed by atoms with van der Waals surface area (Å²) in [5.41, 5.74) is 3.92. The van der Waals surface area contributed by atoms with Crippen molar-refractivity contribution < 1.29 is 0 Å². The molecule has 1 aromatic heterocycles. The summed E-state index contributed by atoms with van der Waals surface area (Å²) >= 11 is 5.87. The SMILES string of the molecule is NNC(CC1CC2CCC1C2)c1ccc(Cl)cn1. The molecule has 1 aromatic rings. The van der Waals surface area contributed by atoms with Crippen molar-refractivity contribution in [3.8, 4) is 0 Å². The van der Waals surface area contributed by atoms with Crippen molar-refractivity contribution in [2.45, 2.75) is 38.1 Å². The van der Waals surface area contributed by atoms with Crippen molar-refractivity contribution in [2.24, 2.45) is 23.6 Å². The summed E-state index contributed by atoms with van der Waals surface area (Å²) in [6.07, 6.45) is 8.49. The lowest BCUT2D eigenvalue weighted by molar-refractivity contribution is 0.278. The maximum Gasteiger partial charge on any atom is 0.0634 e. The lowest BCUT2D eigenvalue weighted by Crippen LogP contribution is -2.31. The average Bonchev–Trinajstić information content (AvgIpc) is 2.99. The first-order chi connectivity index (χ1) is 8.76. The zero-order valence-electron chi connectivity index (χ0n) is 10.5. The van der Waals surface area contributed by atoms with Gasteiger partial charge in [0.25, 0.3) is 0 Å². The fourth-order valence-corrected chi connectivity index (χ4v) is 3.95. The second-order valence-corrected chi connectivity index (χ2v) is 6.23. The van der Waals surface area contributed by atoms with Gasteiger partial charge in [-0.25, -0.2) is 0 Å². The van der Waals surface area contributed by atoms with Gasteiger partial charge >= 0.3 is 0 Å². The van der Waals surface area contributed by atoms with Crippen molar-refractivity contribution in [3.63, 3.8) is 0 Å². The first-order valence-electron chi connectivity index (χ1n) is 6.84. The molecule has 0 radical (unpaired) electrons. The highest BCUT2D eigenvalue weighted by molar-refractivity contribution is 6.30. The molecule has 0 aromatic carbocycles.